The van der Waals surface area contributed by atoms with Crippen molar-refractivity contribution in [3.05, 3.63) is 88.1 Å². The minimum atomic E-state index is -0.0528. The number of carbonyl (C=O) groups is 1. The Morgan fingerprint density at radius 3 is 2.89 bits per heavy atom. The summed E-state index contributed by atoms with van der Waals surface area (Å²) in [6, 6.07) is 11.6. The lowest BCUT2D eigenvalue weighted by molar-refractivity contribution is -0.125. The van der Waals surface area contributed by atoms with Gasteiger partial charge in [0, 0.05) is 30.0 Å². The van der Waals surface area contributed by atoms with Crippen molar-refractivity contribution in [2.24, 2.45) is 11.0 Å². The highest BCUT2D eigenvalue weighted by molar-refractivity contribution is 7.17. The maximum absolute atomic E-state index is 13.5. The van der Waals surface area contributed by atoms with Crippen molar-refractivity contribution < 1.29 is 4.79 Å². The molecule has 3 aromatic rings. The van der Waals surface area contributed by atoms with E-state index in [4.69, 9.17) is 16.7 Å². The van der Waals surface area contributed by atoms with Crippen LogP contribution in [0.25, 0.3) is 17.5 Å². The first-order valence-corrected chi connectivity index (χ1v) is 13.1. The van der Waals surface area contributed by atoms with E-state index in [1.807, 2.05) is 82.7 Å². The molecule has 0 N–H and O–H groups in total. The molecule has 3 aromatic heterocycles. The van der Waals surface area contributed by atoms with Crippen molar-refractivity contribution in [1.82, 2.24) is 24.7 Å². The summed E-state index contributed by atoms with van der Waals surface area (Å²) in [5, 5.41) is 11.1. The Labute approximate surface area is 219 Å². The van der Waals surface area contributed by atoms with Crippen LogP contribution in [-0.4, -0.2) is 48.9 Å². The van der Waals surface area contributed by atoms with Crippen molar-refractivity contribution in [1.29, 1.82) is 0 Å². The van der Waals surface area contributed by atoms with Crippen LogP contribution in [0.2, 0.25) is 4.34 Å². The molecule has 0 radical (unpaired) electrons. The van der Waals surface area contributed by atoms with E-state index < -0.39 is 0 Å². The Balaban J connectivity index is 1.31. The molecule has 0 bridgehead atoms. The van der Waals surface area contributed by atoms with Gasteiger partial charge in [-0.05, 0) is 67.8 Å². The number of carbonyl (C=O) groups excluding carboxylic acids is 1. The zero-order chi connectivity index (χ0) is 25.1. The maximum atomic E-state index is 13.5. The number of halogens is 1. The summed E-state index contributed by atoms with van der Waals surface area (Å²) in [6.07, 6.45) is 14.3. The third-order valence-corrected chi connectivity index (χ3v) is 7.35. The van der Waals surface area contributed by atoms with Crippen LogP contribution in [0.3, 0.4) is 0 Å². The second kappa shape index (κ2) is 10.6. The molecule has 9 heteroatoms. The second-order valence-electron chi connectivity index (χ2n) is 9.03. The first-order valence-electron chi connectivity index (χ1n) is 11.9. The zero-order valence-electron chi connectivity index (χ0n) is 20.2. The lowest BCUT2D eigenvalue weighted by Gasteiger charge is -2.26. The van der Waals surface area contributed by atoms with Gasteiger partial charge >= 0.3 is 0 Å². The average molecular weight is 519 g/mol. The first kappa shape index (κ1) is 24.2. The number of pyridine rings is 1. The highest BCUT2D eigenvalue weighted by Gasteiger charge is 2.34. The van der Waals surface area contributed by atoms with Crippen LogP contribution >= 0.6 is 22.9 Å². The third kappa shape index (κ3) is 5.50. The number of amides is 1. The number of hydrazone groups is 1. The van der Waals surface area contributed by atoms with Crippen LogP contribution in [0.1, 0.15) is 25.1 Å². The fraction of sp³-hybridized carbons (Fsp3) is 0.259. The Morgan fingerprint density at radius 1 is 1.22 bits per heavy atom. The van der Waals surface area contributed by atoms with Gasteiger partial charge in [0.1, 0.15) is 11.4 Å². The summed E-state index contributed by atoms with van der Waals surface area (Å²) in [5.41, 5.74) is 2.98. The largest absolute Gasteiger partial charge is 0.332 e. The fourth-order valence-corrected chi connectivity index (χ4v) is 5.53. The monoisotopic (exact) mass is 518 g/mol. The normalized spacial score (nSPS) is 21.1. The standard InChI is InChI=1S/C27H27ClN6OS/c1-19-15-22(18-32-14-11-25(31-32)24-8-3-5-12-29-24)33(17-19)27(35)20(2)30-34-13-6-4-7-21(34)16-23-9-10-26(28)36-23/h3-14,16,19,22H,15,17-18H2,1-2H3/b21-16+,30-20+/t19-,22+/m1/s1. The molecule has 5 rings (SSSR count). The molecule has 36 heavy (non-hydrogen) atoms. The van der Waals surface area contributed by atoms with Gasteiger partial charge in [-0.15, -0.1) is 11.3 Å². The molecule has 2 aliphatic heterocycles. The number of likely N-dealkylation sites (tertiary alicyclic amines) is 1. The fourth-order valence-electron chi connectivity index (χ4n) is 4.52. The summed E-state index contributed by atoms with van der Waals surface area (Å²) in [5.74, 6) is 0.359. The summed E-state index contributed by atoms with van der Waals surface area (Å²) in [7, 11) is 0. The Hall–Kier alpha value is -3.49. The predicted molar refractivity (Wildman–Crippen MR) is 145 cm³/mol. The van der Waals surface area contributed by atoms with Gasteiger partial charge in [0.05, 0.1) is 28.3 Å². The van der Waals surface area contributed by atoms with E-state index in [-0.39, 0.29) is 11.9 Å². The third-order valence-electron chi connectivity index (χ3n) is 6.17. The van der Waals surface area contributed by atoms with Crippen molar-refractivity contribution in [2.75, 3.05) is 6.54 Å². The van der Waals surface area contributed by atoms with Crippen molar-refractivity contribution >= 4 is 40.6 Å². The van der Waals surface area contributed by atoms with E-state index >= 15 is 0 Å². The summed E-state index contributed by atoms with van der Waals surface area (Å²) < 4.78 is 2.64. The molecule has 0 aromatic carbocycles. The molecule has 0 saturated carbocycles. The smallest absolute Gasteiger partial charge is 0.270 e. The van der Waals surface area contributed by atoms with Gasteiger partial charge in [0.2, 0.25) is 0 Å². The molecular formula is C27H27ClN6OS. The second-order valence-corrected chi connectivity index (χ2v) is 10.8. The highest BCUT2D eigenvalue weighted by atomic mass is 35.5. The number of nitrogens with zero attached hydrogens (tertiary/aromatic N) is 6. The van der Waals surface area contributed by atoms with E-state index in [2.05, 4.69) is 17.0 Å². The van der Waals surface area contributed by atoms with E-state index in [1.165, 1.54) is 11.3 Å². The van der Waals surface area contributed by atoms with Crippen LogP contribution in [0.15, 0.2) is 84.0 Å². The van der Waals surface area contributed by atoms with Gasteiger partial charge in [-0.1, -0.05) is 30.7 Å². The van der Waals surface area contributed by atoms with Crippen molar-refractivity contribution in [2.45, 2.75) is 32.9 Å². The number of hydrogen-bond donors (Lipinski definition) is 0. The maximum Gasteiger partial charge on any atom is 0.270 e. The van der Waals surface area contributed by atoms with Crippen molar-refractivity contribution in [3.8, 4) is 11.4 Å². The number of rotatable bonds is 6. The molecule has 0 aliphatic carbocycles. The number of thiophene rings is 1. The molecule has 0 unspecified atom stereocenters. The van der Waals surface area contributed by atoms with Crippen molar-refractivity contribution in [3.63, 3.8) is 0 Å². The summed E-state index contributed by atoms with van der Waals surface area (Å²) in [6.45, 7) is 5.30. The van der Waals surface area contributed by atoms with Gasteiger partial charge < -0.3 is 4.90 Å². The molecule has 184 valence electrons. The SMILES string of the molecule is C/C(=N\N1C=CC=C/C1=C\c1ccc(Cl)s1)C(=O)N1C[C@H](C)C[C@H]1Cn1ccc(-c2ccccn2)n1. The van der Waals surface area contributed by atoms with Gasteiger partial charge in [-0.2, -0.15) is 10.2 Å². The van der Waals surface area contributed by atoms with E-state index in [1.54, 1.807) is 18.1 Å². The number of aromatic nitrogens is 3. The minimum Gasteiger partial charge on any atom is -0.332 e. The van der Waals surface area contributed by atoms with Crippen LogP contribution in [0.4, 0.5) is 0 Å². The number of hydrogen-bond acceptors (Lipinski definition) is 6. The summed E-state index contributed by atoms with van der Waals surface area (Å²) >= 11 is 7.58. The lowest BCUT2D eigenvalue weighted by Crippen LogP contribution is -2.42. The summed E-state index contributed by atoms with van der Waals surface area (Å²) in [4.78, 5) is 20.9. The molecule has 0 spiro atoms. The first-order chi connectivity index (χ1) is 17.5. The van der Waals surface area contributed by atoms with E-state index in [9.17, 15) is 4.79 Å². The van der Waals surface area contributed by atoms with Gasteiger partial charge in [0.25, 0.3) is 5.91 Å². The zero-order valence-corrected chi connectivity index (χ0v) is 21.7. The predicted octanol–water partition coefficient (Wildman–Crippen LogP) is 5.70. The molecule has 1 amide bonds. The topological polar surface area (TPSA) is 66.6 Å². The molecular weight excluding hydrogens is 492 g/mol. The van der Waals surface area contributed by atoms with Crippen LogP contribution in [0.5, 0.6) is 0 Å². The van der Waals surface area contributed by atoms with E-state index in [0.29, 0.717) is 24.7 Å². The molecule has 2 atom stereocenters. The van der Waals surface area contributed by atoms with Crippen LogP contribution in [0, 0.1) is 5.92 Å². The Morgan fingerprint density at radius 2 is 2.11 bits per heavy atom. The average Bonchev–Trinajstić information content (AvgIpc) is 3.61. The van der Waals surface area contributed by atoms with Gasteiger partial charge in [-0.3, -0.25) is 14.5 Å². The molecule has 1 fully saturated rings. The molecule has 7 nitrogen and oxygen atoms in total. The molecule has 1 saturated heterocycles. The molecule has 2 aliphatic rings. The quantitative estimate of drug-likeness (QED) is 0.393. The lowest BCUT2D eigenvalue weighted by atomic mass is 10.1. The Bertz CT molecular complexity index is 1360. The van der Waals surface area contributed by atoms with Crippen LogP contribution < -0.4 is 0 Å². The highest BCUT2D eigenvalue weighted by Crippen LogP contribution is 2.27. The Kier molecular flexibility index (Phi) is 7.16. The van der Waals surface area contributed by atoms with E-state index in [0.717, 1.165) is 32.7 Å². The molecule has 5 heterocycles. The van der Waals surface area contributed by atoms with Gasteiger partial charge in [-0.25, -0.2) is 5.01 Å². The minimum absolute atomic E-state index is 0.0502. The van der Waals surface area contributed by atoms with Crippen LogP contribution in [-0.2, 0) is 11.3 Å². The van der Waals surface area contributed by atoms with Gasteiger partial charge in [0.15, 0.2) is 0 Å². The number of allylic oxidation sites excluding steroid dienone is 3.